The molecule has 2 aromatic rings. The van der Waals surface area contributed by atoms with Gasteiger partial charge in [0.1, 0.15) is 10.0 Å². The normalized spacial score (nSPS) is 10.2. The average Bonchev–Trinajstić information content (AvgIpc) is 2.83. The number of anilines is 2. The summed E-state index contributed by atoms with van der Waals surface area (Å²) in [5.41, 5.74) is 0. The van der Waals surface area contributed by atoms with Crippen LogP contribution in [0.2, 0.25) is 5.02 Å². The zero-order valence-electron chi connectivity index (χ0n) is 9.27. The first-order valence-electron chi connectivity index (χ1n) is 5.18. The minimum Gasteiger partial charge on any atom is -0.362 e. The molecule has 0 aliphatic heterocycles. The highest BCUT2D eigenvalue weighted by Gasteiger charge is 2.05. The molecule has 0 atom stereocenters. The molecule has 2 heterocycles. The van der Waals surface area contributed by atoms with Crippen molar-refractivity contribution in [3.05, 3.63) is 27.8 Å². The molecular weight excluding hydrogens is 258 g/mol. The number of aromatic nitrogens is 3. The molecule has 0 fully saturated rings. The van der Waals surface area contributed by atoms with E-state index in [1.807, 2.05) is 12.3 Å². The third-order valence-electron chi connectivity index (χ3n) is 1.97. The smallest absolute Gasteiger partial charge is 0.224 e. The highest BCUT2D eigenvalue weighted by Crippen LogP contribution is 2.20. The van der Waals surface area contributed by atoms with Gasteiger partial charge in [-0.05, 0) is 6.92 Å². The van der Waals surface area contributed by atoms with Crippen LogP contribution in [-0.2, 0) is 6.54 Å². The first kappa shape index (κ1) is 12.1. The summed E-state index contributed by atoms with van der Waals surface area (Å²) in [6.07, 6.45) is 3.35. The van der Waals surface area contributed by atoms with Gasteiger partial charge < -0.3 is 10.6 Å². The summed E-state index contributed by atoms with van der Waals surface area (Å²) in [4.78, 5) is 12.5. The minimum atomic E-state index is 0.503. The molecule has 0 saturated carbocycles. The van der Waals surface area contributed by atoms with E-state index in [1.54, 1.807) is 23.7 Å². The van der Waals surface area contributed by atoms with E-state index in [1.165, 1.54) is 0 Å². The van der Waals surface area contributed by atoms with Crippen molar-refractivity contribution < 1.29 is 0 Å². The lowest BCUT2D eigenvalue weighted by Crippen LogP contribution is -2.06. The molecule has 0 aliphatic rings. The minimum absolute atomic E-state index is 0.503. The Bertz CT molecular complexity index is 474. The van der Waals surface area contributed by atoms with Gasteiger partial charge in [0, 0.05) is 18.1 Å². The van der Waals surface area contributed by atoms with Crippen molar-refractivity contribution in [2.45, 2.75) is 13.5 Å². The van der Waals surface area contributed by atoms with Crippen LogP contribution in [0.15, 0.2) is 17.8 Å². The van der Waals surface area contributed by atoms with Gasteiger partial charge in [0.05, 0.1) is 12.7 Å². The van der Waals surface area contributed by atoms with Crippen LogP contribution in [0.4, 0.5) is 11.8 Å². The predicted molar refractivity (Wildman–Crippen MR) is 70.6 cm³/mol. The van der Waals surface area contributed by atoms with Gasteiger partial charge in [0.15, 0.2) is 5.82 Å². The van der Waals surface area contributed by atoms with Crippen molar-refractivity contribution in [2.24, 2.45) is 0 Å². The number of rotatable bonds is 5. The van der Waals surface area contributed by atoms with E-state index in [4.69, 9.17) is 11.6 Å². The monoisotopic (exact) mass is 269 g/mol. The van der Waals surface area contributed by atoms with E-state index in [0.29, 0.717) is 23.3 Å². The van der Waals surface area contributed by atoms with Gasteiger partial charge in [-0.25, -0.2) is 9.97 Å². The van der Waals surface area contributed by atoms with Crippen molar-refractivity contribution in [1.29, 1.82) is 0 Å². The molecule has 2 rings (SSSR count). The van der Waals surface area contributed by atoms with Gasteiger partial charge in [-0.15, -0.1) is 11.3 Å². The van der Waals surface area contributed by atoms with E-state index in [2.05, 4.69) is 25.6 Å². The van der Waals surface area contributed by atoms with Crippen LogP contribution in [0.5, 0.6) is 0 Å². The maximum Gasteiger partial charge on any atom is 0.224 e. The van der Waals surface area contributed by atoms with E-state index in [-0.39, 0.29) is 0 Å². The van der Waals surface area contributed by atoms with E-state index in [0.717, 1.165) is 11.6 Å². The molecule has 2 N–H and O–H groups in total. The van der Waals surface area contributed by atoms with Gasteiger partial charge in [0.25, 0.3) is 0 Å². The fourth-order valence-electron chi connectivity index (χ4n) is 1.23. The number of halogens is 1. The topological polar surface area (TPSA) is 62.7 Å². The SMILES string of the molecule is CCNc1ncc(Cl)c(NCc2nccs2)n1. The number of nitrogens with one attached hydrogen (secondary N) is 2. The Morgan fingerprint density at radius 1 is 1.35 bits per heavy atom. The molecule has 7 heteroatoms. The van der Waals surface area contributed by atoms with Gasteiger partial charge in [-0.3, -0.25) is 0 Å². The second-order valence-electron chi connectivity index (χ2n) is 3.20. The average molecular weight is 270 g/mol. The van der Waals surface area contributed by atoms with Crippen molar-refractivity contribution in [3.63, 3.8) is 0 Å². The predicted octanol–water partition coefficient (Wildman–Crippen LogP) is 2.63. The summed E-state index contributed by atoms with van der Waals surface area (Å²) in [6, 6.07) is 0. The highest BCUT2D eigenvalue weighted by molar-refractivity contribution is 7.09. The van der Waals surface area contributed by atoms with Crippen LogP contribution in [0, 0.1) is 0 Å². The molecule has 0 radical (unpaired) electrons. The largest absolute Gasteiger partial charge is 0.362 e. The molecule has 0 spiro atoms. The van der Waals surface area contributed by atoms with Crippen LogP contribution < -0.4 is 10.6 Å². The number of nitrogens with zero attached hydrogens (tertiary/aromatic N) is 3. The van der Waals surface area contributed by atoms with Gasteiger partial charge in [-0.1, -0.05) is 11.6 Å². The maximum absolute atomic E-state index is 6.00. The van der Waals surface area contributed by atoms with Gasteiger partial charge in [0.2, 0.25) is 5.95 Å². The standard InChI is InChI=1S/C10H12ClN5S/c1-2-12-10-15-5-7(11)9(16-10)14-6-8-13-3-4-17-8/h3-5H,2,6H2,1H3,(H2,12,14,15,16). The zero-order chi connectivity index (χ0) is 12.1. The van der Waals surface area contributed by atoms with E-state index in [9.17, 15) is 0 Å². The van der Waals surface area contributed by atoms with Crippen molar-refractivity contribution >= 4 is 34.7 Å². The van der Waals surface area contributed by atoms with E-state index < -0.39 is 0 Å². The molecule has 0 saturated heterocycles. The number of hydrogen-bond acceptors (Lipinski definition) is 6. The Hall–Kier alpha value is -1.40. The van der Waals surface area contributed by atoms with Crippen LogP contribution in [0.3, 0.4) is 0 Å². The van der Waals surface area contributed by atoms with Crippen molar-refractivity contribution in [2.75, 3.05) is 17.2 Å². The van der Waals surface area contributed by atoms with Crippen LogP contribution in [-0.4, -0.2) is 21.5 Å². The lowest BCUT2D eigenvalue weighted by molar-refractivity contribution is 1.04. The zero-order valence-corrected chi connectivity index (χ0v) is 10.8. The summed E-state index contributed by atoms with van der Waals surface area (Å²) < 4.78 is 0. The van der Waals surface area contributed by atoms with Crippen molar-refractivity contribution in [3.8, 4) is 0 Å². The quantitative estimate of drug-likeness (QED) is 0.874. The maximum atomic E-state index is 6.00. The first-order valence-corrected chi connectivity index (χ1v) is 6.44. The molecule has 2 aromatic heterocycles. The molecule has 0 amide bonds. The highest BCUT2D eigenvalue weighted by atomic mass is 35.5. The molecule has 0 aliphatic carbocycles. The molecule has 5 nitrogen and oxygen atoms in total. The summed E-state index contributed by atoms with van der Waals surface area (Å²) in [5, 5.41) is 9.60. The van der Waals surface area contributed by atoms with Gasteiger partial charge >= 0.3 is 0 Å². The van der Waals surface area contributed by atoms with Crippen LogP contribution >= 0.6 is 22.9 Å². The Morgan fingerprint density at radius 3 is 2.94 bits per heavy atom. The molecule has 0 unspecified atom stereocenters. The van der Waals surface area contributed by atoms with E-state index >= 15 is 0 Å². The second kappa shape index (κ2) is 5.79. The van der Waals surface area contributed by atoms with Gasteiger partial charge in [-0.2, -0.15) is 4.98 Å². The second-order valence-corrected chi connectivity index (χ2v) is 4.59. The first-order chi connectivity index (χ1) is 8.29. The third kappa shape index (κ3) is 3.28. The molecule has 0 aromatic carbocycles. The third-order valence-corrected chi connectivity index (χ3v) is 3.03. The Morgan fingerprint density at radius 2 is 2.24 bits per heavy atom. The molecular formula is C10H12ClN5S. The Kier molecular flexibility index (Phi) is 4.11. The van der Waals surface area contributed by atoms with Crippen LogP contribution in [0.1, 0.15) is 11.9 Å². The summed E-state index contributed by atoms with van der Waals surface area (Å²) in [5.74, 6) is 1.19. The summed E-state index contributed by atoms with van der Waals surface area (Å²) in [6.45, 7) is 3.37. The molecule has 90 valence electrons. The summed E-state index contributed by atoms with van der Waals surface area (Å²) in [7, 11) is 0. The number of thiazole rings is 1. The fourth-order valence-corrected chi connectivity index (χ4v) is 1.95. The molecule has 17 heavy (non-hydrogen) atoms. The Labute approximate surface area is 108 Å². The van der Waals surface area contributed by atoms with Crippen molar-refractivity contribution in [1.82, 2.24) is 15.0 Å². The lowest BCUT2D eigenvalue weighted by Gasteiger charge is -2.07. The number of hydrogen-bond donors (Lipinski definition) is 2. The van der Waals surface area contributed by atoms with Crippen LogP contribution in [0.25, 0.3) is 0 Å². The molecule has 0 bridgehead atoms. The summed E-state index contributed by atoms with van der Waals surface area (Å²) >= 11 is 7.59. The lowest BCUT2D eigenvalue weighted by atomic mass is 10.5. The Balaban J connectivity index is 2.06. The fraction of sp³-hybridized carbons (Fsp3) is 0.300.